The molecule has 3 aromatic heterocycles. The van der Waals surface area contributed by atoms with E-state index in [-0.39, 0.29) is 10.7 Å². The van der Waals surface area contributed by atoms with Crippen molar-refractivity contribution in [1.29, 1.82) is 0 Å². The summed E-state index contributed by atoms with van der Waals surface area (Å²) in [5, 5.41) is 9.34. The second-order valence-electron chi connectivity index (χ2n) is 3.91. The smallest absolute Gasteiger partial charge is 0.337 e. The molecule has 0 aliphatic rings. The summed E-state index contributed by atoms with van der Waals surface area (Å²) in [6.45, 7) is 0. The van der Waals surface area contributed by atoms with Crippen LogP contribution in [0.5, 0.6) is 0 Å². The molecular weight excluding hydrogens is 266 g/mol. The van der Waals surface area contributed by atoms with E-state index in [0.717, 1.165) is 5.56 Å². The van der Waals surface area contributed by atoms with Gasteiger partial charge in [-0.3, -0.25) is 9.38 Å². The van der Waals surface area contributed by atoms with Gasteiger partial charge in [0.2, 0.25) is 0 Å². The van der Waals surface area contributed by atoms with E-state index in [1.54, 1.807) is 35.1 Å². The highest BCUT2D eigenvalue weighted by Gasteiger charge is 2.17. The van der Waals surface area contributed by atoms with Crippen LogP contribution in [0, 0.1) is 0 Å². The van der Waals surface area contributed by atoms with Gasteiger partial charge in [0.05, 0.1) is 11.1 Å². The van der Waals surface area contributed by atoms with Crippen LogP contribution >= 0.6 is 11.6 Å². The predicted molar refractivity (Wildman–Crippen MR) is 70.4 cm³/mol. The van der Waals surface area contributed by atoms with Crippen molar-refractivity contribution in [3.05, 3.63) is 53.6 Å². The molecule has 3 rings (SSSR count). The quantitative estimate of drug-likeness (QED) is 0.779. The Kier molecular flexibility index (Phi) is 2.68. The number of hydrogen-bond donors (Lipinski definition) is 1. The third kappa shape index (κ3) is 1.84. The second kappa shape index (κ2) is 4.37. The number of carboxylic acid groups (broad SMARTS) is 1. The van der Waals surface area contributed by atoms with Crippen LogP contribution in [0.4, 0.5) is 0 Å². The molecule has 0 radical (unpaired) electrons. The number of carbonyl (C=O) groups is 1. The van der Waals surface area contributed by atoms with Gasteiger partial charge in [0, 0.05) is 24.2 Å². The summed E-state index contributed by atoms with van der Waals surface area (Å²) in [7, 11) is 0. The zero-order valence-corrected chi connectivity index (χ0v) is 10.4. The molecule has 3 aromatic rings. The van der Waals surface area contributed by atoms with E-state index in [0.29, 0.717) is 11.3 Å². The van der Waals surface area contributed by atoms with Gasteiger partial charge in [0.1, 0.15) is 5.82 Å². The van der Waals surface area contributed by atoms with Crippen molar-refractivity contribution in [2.45, 2.75) is 0 Å². The zero-order valence-electron chi connectivity index (χ0n) is 9.62. The molecule has 0 unspecified atom stereocenters. The van der Waals surface area contributed by atoms with Crippen LogP contribution in [0.2, 0.25) is 5.15 Å². The number of halogens is 1. The number of hydrogen-bond acceptors (Lipinski definition) is 3. The van der Waals surface area contributed by atoms with Crippen molar-refractivity contribution >= 4 is 23.1 Å². The third-order valence-electron chi connectivity index (χ3n) is 2.77. The fraction of sp³-hybridized carbons (Fsp3) is 0. The number of aromatic carboxylic acids is 1. The van der Waals surface area contributed by atoms with Gasteiger partial charge in [-0.15, -0.1) is 0 Å². The Morgan fingerprint density at radius 1 is 1.32 bits per heavy atom. The number of rotatable bonds is 2. The molecule has 0 spiro atoms. The molecule has 0 saturated heterocycles. The summed E-state index contributed by atoms with van der Waals surface area (Å²) in [5.74, 6) is -0.471. The predicted octanol–water partition coefficient (Wildman–Crippen LogP) is 2.75. The van der Waals surface area contributed by atoms with E-state index in [9.17, 15) is 9.90 Å². The van der Waals surface area contributed by atoms with Crippen LogP contribution in [0.1, 0.15) is 10.4 Å². The first-order valence-corrected chi connectivity index (χ1v) is 5.86. The number of imidazole rings is 1. The lowest BCUT2D eigenvalue weighted by Crippen LogP contribution is -2.00. The summed E-state index contributed by atoms with van der Waals surface area (Å²) in [5.41, 5.74) is 1.28. The second-order valence-corrected chi connectivity index (χ2v) is 4.27. The molecule has 5 nitrogen and oxygen atoms in total. The van der Waals surface area contributed by atoms with Gasteiger partial charge in [0.15, 0.2) is 5.15 Å². The van der Waals surface area contributed by atoms with Gasteiger partial charge in [-0.05, 0) is 24.3 Å². The average molecular weight is 274 g/mol. The highest BCUT2D eigenvalue weighted by atomic mass is 35.5. The standard InChI is InChI=1S/C13H8ClN3O2/c14-11-10-9(13(18)19)4-2-6-17(10)12(16-11)8-3-1-5-15-7-8/h1-7H,(H,18,19). The zero-order chi connectivity index (χ0) is 13.4. The lowest BCUT2D eigenvalue weighted by molar-refractivity contribution is 0.0698. The molecule has 94 valence electrons. The molecule has 0 atom stereocenters. The first-order chi connectivity index (χ1) is 9.18. The average Bonchev–Trinajstić information content (AvgIpc) is 2.77. The van der Waals surface area contributed by atoms with Crippen molar-refractivity contribution in [2.24, 2.45) is 0 Å². The van der Waals surface area contributed by atoms with E-state index < -0.39 is 5.97 Å². The molecule has 0 bridgehead atoms. The SMILES string of the molecule is O=C(O)c1cccn2c(-c3cccnc3)nc(Cl)c12. The maximum Gasteiger partial charge on any atom is 0.337 e. The molecule has 0 aliphatic heterocycles. The number of carboxylic acids is 1. The van der Waals surface area contributed by atoms with E-state index in [4.69, 9.17) is 11.6 Å². The summed E-state index contributed by atoms with van der Waals surface area (Å²) in [4.78, 5) is 19.5. The summed E-state index contributed by atoms with van der Waals surface area (Å²) >= 11 is 6.06. The van der Waals surface area contributed by atoms with Crippen LogP contribution in [0.3, 0.4) is 0 Å². The van der Waals surface area contributed by atoms with Gasteiger partial charge in [0.25, 0.3) is 0 Å². The minimum absolute atomic E-state index is 0.121. The number of fused-ring (bicyclic) bond motifs is 1. The molecule has 0 fully saturated rings. The van der Waals surface area contributed by atoms with Crippen molar-refractivity contribution in [1.82, 2.24) is 14.4 Å². The van der Waals surface area contributed by atoms with Gasteiger partial charge >= 0.3 is 5.97 Å². The summed E-state index contributed by atoms with van der Waals surface area (Å²) in [6, 6.07) is 6.77. The highest BCUT2D eigenvalue weighted by Crippen LogP contribution is 2.27. The normalized spacial score (nSPS) is 10.8. The molecule has 0 amide bonds. The van der Waals surface area contributed by atoms with Crippen LogP contribution in [0.15, 0.2) is 42.9 Å². The highest BCUT2D eigenvalue weighted by molar-refractivity contribution is 6.33. The van der Waals surface area contributed by atoms with Crippen LogP contribution in [0.25, 0.3) is 16.9 Å². The molecule has 1 N–H and O–H groups in total. The fourth-order valence-electron chi connectivity index (χ4n) is 1.97. The fourth-order valence-corrected chi connectivity index (χ4v) is 2.24. The van der Waals surface area contributed by atoms with E-state index in [1.165, 1.54) is 6.07 Å². The Bertz CT molecular complexity index is 768. The Hall–Kier alpha value is -2.40. The molecule has 0 aliphatic carbocycles. The Balaban J connectivity index is 2.35. The van der Waals surface area contributed by atoms with Gasteiger partial charge in [-0.2, -0.15) is 0 Å². The van der Waals surface area contributed by atoms with Crippen LogP contribution < -0.4 is 0 Å². The molecule has 0 saturated carbocycles. The van der Waals surface area contributed by atoms with E-state index in [1.807, 2.05) is 6.07 Å². The number of aromatic nitrogens is 3. The lowest BCUT2D eigenvalue weighted by atomic mass is 10.2. The first kappa shape index (κ1) is 11.7. The van der Waals surface area contributed by atoms with Gasteiger partial charge in [-0.25, -0.2) is 9.78 Å². The topological polar surface area (TPSA) is 67.5 Å². The van der Waals surface area contributed by atoms with Crippen molar-refractivity contribution in [3.63, 3.8) is 0 Å². The van der Waals surface area contributed by atoms with Crippen LogP contribution in [-0.4, -0.2) is 25.4 Å². The summed E-state index contributed by atoms with van der Waals surface area (Å²) < 4.78 is 1.66. The largest absolute Gasteiger partial charge is 0.478 e. The van der Waals surface area contributed by atoms with E-state index in [2.05, 4.69) is 9.97 Å². The Morgan fingerprint density at radius 2 is 2.16 bits per heavy atom. The van der Waals surface area contributed by atoms with E-state index >= 15 is 0 Å². The number of nitrogens with zero attached hydrogens (tertiary/aromatic N) is 3. The molecule has 3 heterocycles. The Morgan fingerprint density at radius 3 is 2.84 bits per heavy atom. The molecule has 6 heteroatoms. The maximum atomic E-state index is 11.2. The minimum atomic E-state index is -1.04. The Labute approximate surface area is 113 Å². The molecule has 19 heavy (non-hydrogen) atoms. The van der Waals surface area contributed by atoms with Gasteiger partial charge in [-0.1, -0.05) is 11.6 Å². The lowest BCUT2D eigenvalue weighted by Gasteiger charge is -2.02. The molecular formula is C13H8ClN3O2. The third-order valence-corrected chi connectivity index (χ3v) is 3.04. The first-order valence-electron chi connectivity index (χ1n) is 5.49. The van der Waals surface area contributed by atoms with Crippen molar-refractivity contribution in [3.8, 4) is 11.4 Å². The van der Waals surface area contributed by atoms with Crippen LogP contribution in [-0.2, 0) is 0 Å². The monoisotopic (exact) mass is 273 g/mol. The maximum absolute atomic E-state index is 11.2. The molecule has 0 aromatic carbocycles. The van der Waals surface area contributed by atoms with Crippen molar-refractivity contribution in [2.75, 3.05) is 0 Å². The summed E-state index contributed by atoms with van der Waals surface area (Å²) in [6.07, 6.45) is 5.03. The minimum Gasteiger partial charge on any atom is -0.478 e. The number of pyridine rings is 2. The van der Waals surface area contributed by atoms with Crippen molar-refractivity contribution < 1.29 is 9.90 Å². The van der Waals surface area contributed by atoms with Gasteiger partial charge < -0.3 is 5.11 Å².